The maximum atomic E-state index is 11.0. The fourth-order valence-electron chi connectivity index (χ4n) is 2.40. The summed E-state index contributed by atoms with van der Waals surface area (Å²) < 4.78 is 0. The van der Waals surface area contributed by atoms with E-state index in [0.717, 1.165) is 12.8 Å². The van der Waals surface area contributed by atoms with Crippen molar-refractivity contribution in [2.24, 2.45) is 5.18 Å². The van der Waals surface area contributed by atoms with E-state index in [1.165, 1.54) is 38.2 Å². The first-order chi connectivity index (χ1) is 10.1. The van der Waals surface area contributed by atoms with Crippen molar-refractivity contribution in [3.05, 3.63) is 32.6 Å². The Labute approximate surface area is 136 Å². The molecular weight excluding hydrogens is 309 g/mol. The highest BCUT2D eigenvalue weighted by atomic mass is 35.5. The Kier molecular flexibility index (Phi) is 8.70. The average Bonchev–Trinajstić information content (AvgIpc) is 2.46. The van der Waals surface area contributed by atoms with Crippen LogP contribution in [-0.2, 0) is 0 Å². The summed E-state index contributed by atoms with van der Waals surface area (Å²) in [6.07, 6.45) is 8.81. The third kappa shape index (κ3) is 6.23. The molecule has 0 heterocycles. The van der Waals surface area contributed by atoms with Gasteiger partial charge in [0, 0.05) is 10.6 Å². The Morgan fingerprint density at radius 2 is 1.71 bits per heavy atom. The summed E-state index contributed by atoms with van der Waals surface area (Å²) >= 11 is 11.8. The average molecular weight is 332 g/mol. The smallest absolute Gasteiger partial charge is 0.139 e. The number of rotatable bonds is 10. The SMILES string of the molecule is CCCCCCCCCC(N=O)c1cc(Cl)cc(Cl)c1O. The lowest BCUT2D eigenvalue weighted by molar-refractivity contribution is 0.454. The Balaban J connectivity index is 2.47. The van der Waals surface area contributed by atoms with Gasteiger partial charge < -0.3 is 5.11 Å². The lowest BCUT2D eigenvalue weighted by Gasteiger charge is -2.12. The van der Waals surface area contributed by atoms with E-state index in [2.05, 4.69) is 12.1 Å². The van der Waals surface area contributed by atoms with Gasteiger partial charge in [0.05, 0.1) is 5.02 Å². The van der Waals surface area contributed by atoms with Crippen LogP contribution >= 0.6 is 23.2 Å². The van der Waals surface area contributed by atoms with Crippen LogP contribution < -0.4 is 0 Å². The van der Waals surface area contributed by atoms with Crippen LogP contribution in [0.25, 0.3) is 0 Å². The van der Waals surface area contributed by atoms with Crippen molar-refractivity contribution in [3.8, 4) is 5.75 Å². The molecule has 118 valence electrons. The largest absolute Gasteiger partial charge is 0.506 e. The van der Waals surface area contributed by atoms with E-state index in [-0.39, 0.29) is 10.8 Å². The number of nitrogens with zero attached hydrogens (tertiary/aromatic N) is 1. The van der Waals surface area contributed by atoms with Gasteiger partial charge >= 0.3 is 0 Å². The van der Waals surface area contributed by atoms with Gasteiger partial charge in [0.25, 0.3) is 0 Å². The van der Waals surface area contributed by atoms with Gasteiger partial charge in [-0.05, 0) is 18.6 Å². The minimum atomic E-state index is -0.586. The fourth-order valence-corrected chi connectivity index (χ4v) is 2.91. The van der Waals surface area contributed by atoms with Crippen LogP contribution in [-0.4, -0.2) is 5.11 Å². The summed E-state index contributed by atoms with van der Waals surface area (Å²) in [5, 5.41) is 13.6. The van der Waals surface area contributed by atoms with E-state index >= 15 is 0 Å². The fraction of sp³-hybridized carbons (Fsp3) is 0.625. The van der Waals surface area contributed by atoms with E-state index in [9.17, 15) is 10.0 Å². The lowest BCUT2D eigenvalue weighted by Crippen LogP contribution is -1.96. The normalized spacial score (nSPS) is 12.3. The van der Waals surface area contributed by atoms with Crippen LogP contribution in [0, 0.1) is 4.91 Å². The number of phenolic OH excluding ortho intramolecular Hbond substituents is 1. The number of benzene rings is 1. The molecule has 0 saturated heterocycles. The molecule has 0 amide bonds. The van der Waals surface area contributed by atoms with Gasteiger partial charge in [-0.15, -0.1) is 0 Å². The summed E-state index contributed by atoms with van der Waals surface area (Å²) in [7, 11) is 0. The molecule has 1 aromatic carbocycles. The quantitative estimate of drug-likeness (QED) is 0.385. The van der Waals surface area contributed by atoms with Crippen LogP contribution in [0.2, 0.25) is 10.0 Å². The summed E-state index contributed by atoms with van der Waals surface area (Å²) in [5.74, 6) is -0.0892. The molecule has 0 spiro atoms. The zero-order valence-corrected chi connectivity index (χ0v) is 14.0. The van der Waals surface area contributed by atoms with Gasteiger partial charge in [-0.2, -0.15) is 4.91 Å². The topological polar surface area (TPSA) is 49.7 Å². The van der Waals surface area contributed by atoms with Crippen LogP contribution in [0.4, 0.5) is 0 Å². The molecule has 0 aliphatic heterocycles. The Morgan fingerprint density at radius 1 is 1.10 bits per heavy atom. The standard InChI is InChI=1S/C16H23Cl2NO2/c1-2-3-4-5-6-7-8-9-15(19-21)13-10-12(17)11-14(18)16(13)20/h10-11,15,20H,2-9H2,1H3. The third-order valence-corrected chi connectivity index (χ3v) is 4.13. The van der Waals surface area contributed by atoms with Crippen LogP contribution in [0.3, 0.4) is 0 Å². The van der Waals surface area contributed by atoms with Gasteiger partial charge in [-0.25, -0.2) is 0 Å². The maximum Gasteiger partial charge on any atom is 0.139 e. The first kappa shape index (κ1) is 18.2. The Morgan fingerprint density at radius 3 is 2.33 bits per heavy atom. The second-order valence-electron chi connectivity index (χ2n) is 5.36. The van der Waals surface area contributed by atoms with E-state index in [4.69, 9.17) is 23.2 Å². The van der Waals surface area contributed by atoms with Crippen molar-refractivity contribution >= 4 is 23.2 Å². The number of nitroso groups, excluding NO2 is 1. The molecule has 0 aromatic heterocycles. The summed E-state index contributed by atoms with van der Waals surface area (Å²) in [6.45, 7) is 2.20. The number of hydrogen-bond donors (Lipinski definition) is 1. The minimum absolute atomic E-state index is 0.0892. The predicted octanol–water partition coefficient (Wildman–Crippen LogP) is 6.65. The monoisotopic (exact) mass is 331 g/mol. The highest BCUT2D eigenvalue weighted by Gasteiger charge is 2.18. The van der Waals surface area contributed by atoms with Gasteiger partial charge in [0.15, 0.2) is 0 Å². The highest BCUT2D eigenvalue weighted by Crippen LogP contribution is 2.38. The zero-order chi connectivity index (χ0) is 15.7. The van der Waals surface area contributed by atoms with Gasteiger partial charge in [0.2, 0.25) is 0 Å². The molecule has 3 nitrogen and oxygen atoms in total. The molecule has 1 rings (SSSR count). The summed E-state index contributed by atoms with van der Waals surface area (Å²) in [4.78, 5) is 11.0. The molecule has 1 N–H and O–H groups in total. The van der Waals surface area contributed by atoms with Crippen molar-refractivity contribution in [1.29, 1.82) is 0 Å². The Hall–Kier alpha value is -0.800. The number of unbranched alkanes of at least 4 members (excludes halogenated alkanes) is 6. The molecule has 1 aromatic rings. The maximum absolute atomic E-state index is 11.0. The van der Waals surface area contributed by atoms with Crippen molar-refractivity contribution in [3.63, 3.8) is 0 Å². The molecule has 0 aliphatic carbocycles. The van der Waals surface area contributed by atoms with Crippen molar-refractivity contribution in [2.75, 3.05) is 0 Å². The molecule has 21 heavy (non-hydrogen) atoms. The van der Waals surface area contributed by atoms with Crippen LogP contribution in [0.5, 0.6) is 5.75 Å². The van der Waals surface area contributed by atoms with Crippen molar-refractivity contribution in [2.45, 2.75) is 64.3 Å². The molecule has 1 unspecified atom stereocenters. The second kappa shape index (κ2) is 10.0. The van der Waals surface area contributed by atoms with Crippen LogP contribution in [0.1, 0.15) is 69.9 Å². The number of phenols is 1. The lowest BCUT2D eigenvalue weighted by atomic mass is 9.99. The van der Waals surface area contributed by atoms with E-state index < -0.39 is 6.04 Å². The highest BCUT2D eigenvalue weighted by molar-refractivity contribution is 6.35. The molecule has 0 bridgehead atoms. The van der Waals surface area contributed by atoms with Gasteiger partial charge in [0.1, 0.15) is 11.8 Å². The van der Waals surface area contributed by atoms with E-state index in [0.29, 0.717) is 17.0 Å². The Bertz CT molecular complexity index is 452. The molecule has 0 saturated carbocycles. The molecule has 0 aliphatic rings. The van der Waals surface area contributed by atoms with Gasteiger partial charge in [-0.3, -0.25) is 0 Å². The summed E-state index contributed by atoms with van der Waals surface area (Å²) in [5.41, 5.74) is 0.425. The van der Waals surface area contributed by atoms with E-state index in [1.807, 2.05) is 0 Å². The van der Waals surface area contributed by atoms with Gasteiger partial charge in [-0.1, -0.05) is 80.2 Å². The molecule has 1 atom stereocenters. The van der Waals surface area contributed by atoms with Crippen molar-refractivity contribution < 1.29 is 5.11 Å². The third-order valence-electron chi connectivity index (χ3n) is 3.63. The number of halogens is 2. The number of hydrogen-bond acceptors (Lipinski definition) is 3. The number of aromatic hydroxyl groups is 1. The summed E-state index contributed by atoms with van der Waals surface area (Å²) in [6, 6.07) is 2.44. The molecule has 0 radical (unpaired) electrons. The first-order valence-electron chi connectivity index (χ1n) is 7.60. The first-order valence-corrected chi connectivity index (χ1v) is 8.36. The minimum Gasteiger partial charge on any atom is -0.506 e. The van der Waals surface area contributed by atoms with E-state index in [1.54, 1.807) is 6.07 Å². The molecule has 0 fully saturated rings. The predicted molar refractivity (Wildman–Crippen MR) is 89.3 cm³/mol. The zero-order valence-electron chi connectivity index (χ0n) is 12.4. The van der Waals surface area contributed by atoms with Crippen molar-refractivity contribution in [1.82, 2.24) is 0 Å². The second-order valence-corrected chi connectivity index (χ2v) is 6.20. The molecular formula is C16H23Cl2NO2. The van der Waals surface area contributed by atoms with Crippen LogP contribution in [0.15, 0.2) is 17.3 Å². The molecule has 5 heteroatoms.